The molecular weight excluding hydrogens is 504 g/mol. The third-order valence-electron chi connectivity index (χ3n) is 7.50. The van der Waals surface area contributed by atoms with Crippen molar-refractivity contribution in [1.29, 1.82) is 0 Å². The van der Waals surface area contributed by atoms with Crippen molar-refractivity contribution >= 4 is 6.29 Å². The van der Waals surface area contributed by atoms with Gasteiger partial charge in [-0.15, -0.1) is 0 Å². The number of aliphatic hydroxyl groups excluding tert-OH is 1. The van der Waals surface area contributed by atoms with Gasteiger partial charge in [-0.05, 0) is 22.3 Å². The summed E-state index contributed by atoms with van der Waals surface area (Å²) in [7, 11) is 0. The van der Waals surface area contributed by atoms with E-state index < -0.39 is 22.9 Å². The van der Waals surface area contributed by atoms with Crippen LogP contribution in [-0.4, -0.2) is 56.2 Å². The van der Waals surface area contributed by atoms with Gasteiger partial charge >= 0.3 is 0 Å². The fourth-order valence-electron chi connectivity index (χ4n) is 5.21. The minimum atomic E-state index is -2.54. The molecule has 4 N–H and O–H groups in total. The number of aliphatic hydroxyl groups is 4. The second-order valence-electron chi connectivity index (χ2n) is 10.3. The molecule has 4 aromatic rings. The van der Waals surface area contributed by atoms with Crippen molar-refractivity contribution < 1.29 is 30.0 Å². The van der Waals surface area contributed by atoms with Crippen LogP contribution >= 0.6 is 0 Å². The largest absolute Gasteiger partial charge is 0.388 e. The lowest BCUT2D eigenvalue weighted by molar-refractivity contribution is -0.268. The maximum absolute atomic E-state index is 12.8. The van der Waals surface area contributed by atoms with Crippen LogP contribution in [0.5, 0.6) is 0 Å². The van der Waals surface area contributed by atoms with Gasteiger partial charge in [0, 0.05) is 19.3 Å². The predicted octanol–water partition coefficient (Wildman–Crippen LogP) is 3.68. The van der Waals surface area contributed by atoms with Crippen LogP contribution in [0.15, 0.2) is 121 Å². The molecule has 0 fully saturated rings. The van der Waals surface area contributed by atoms with Gasteiger partial charge in [-0.3, -0.25) is 0 Å². The van der Waals surface area contributed by atoms with Crippen LogP contribution in [0.1, 0.15) is 22.3 Å². The Morgan fingerprint density at radius 3 is 1.45 bits per heavy atom. The van der Waals surface area contributed by atoms with Gasteiger partial charge < -0.3 is 30.0 Å². The minimum Gasteiger partial charge on any atom is -0.388 e. The van der Waals surface area contributed by atoms with Crippen molar-refractivity contribution in [3.63, 3.8) is 0 Å². The first kappa shape index (κ1) is 29.3. The lowest BCUT2D eigenvalue weighted by Gasteiger charge is -2.52. The van der Waals surface area contributed by atoms with E-state index in [4.69, 9.17) is 4.74 Å². The highest BCUT2D eigenvalue weighted by Crippen LogP contribution is 2.42. The van der Waals surface area contributed by atoms with Gasteiger partial charge in [0.2, 0.25) is 0 Å². The van der Waals surface area contributed by atoms with Crippen molar-refractivity contribution in [1.82, 2.24) is 0 Å². The molecule has 0 amide bonds. The Kier molecular flexibility index (Phi) is 9.63. The topological polar surface area (TPSA) is 107 Å². The van der Waals surface area contributed by atoms with Crippen LogP contribution in [0.3, 0.4) is 0 Å². The van der Waals surface area contributed by atoms with E-state index in [1.165, 1.54) is 0 Å². The van der Waals surface area contributed by atoms with Gasteiger partial charge in [-0.25, -0.2) is 0 Å². The highest BCUT2D eigenvalue weighted by atomic mass is 16.5. The molecule has 4 atom stereocenters. The molecule has 0 aliphatic rings. The normalized spacial score (nSPS) is 16.7. The van der Waals surface area contributed by atoms with Crippen LogP contribution in [0.4, 0.5) is 0 Å². The first-order chi connectivity index (χ1) is 19.3. The molecular formula is C34H36O6. The Labute approximate surface area is 235 Å². The number of hydrogen-bond donors (Lipinski definition) is 4. The van der Waals surface area contributed by atoms with Crippen LogP contribution in [-0.2, 0) is 35.4 Å². The minimum absolute atomic E-state index is 0.165. The first-order valence-corrected chi connectivity index (χ1v) is 13.3. The number of rotatable bonds is 14. The Morgan fingerprint density at radius 2 is 1.00 bits per heavy atom. The molecule has 0 saturated heterocycles. The maximum Gasteiger partial charge on any atom is 0.155 e. The van der Waals surface area contributed by atoms with Crippen molar-refractivity contribution in [3.05, 3.63) is 144 Å². The number of carbonyl (C=O) groups is 1. The standard InChI is InChI=1S/C34H36O6/c35-26-32(37,21-27-13-5-1-6-14-27)34(39,23-29-17-9-3-10-18-29)33(38,22-28-15-7-2-8-16-28)31(36)25-40-24-30-19-11-4-12-20-30/h1-20,26,31,36-39H,21-25H2/t31-,32+,33-,34-/m1/s1. The van der Waals surface area contributed by atoms with Gasteiger partial charge in [0.1, 0.15) is 17.3 Å². The number of hydrogen-bond acceptors (Lipinski definition) is 6. The SMILES string of the molecule is O=C[C@@](O)(Cc1ccccc1)[C@](O)(Cc1ccccc1)[C@@](O)(Cc1ccccc1)[C@H](O)COCc1ccccc1. The summed E-state index contributed by atoms with van der Waals surface area (Å²) in [5.74, 6) is 0. The van der Waals surface area contributed by atoms with E-state index in [0.29, 0.717) is 16.7 Å². The number of benzene rings is 4. The van der Waals surface area contributed by atoms with E-state index in [9.17, 15) is 25.2 Å². The Bertz CT molecular complexity index is 1320. The highest BCUT2D eigenvalue weighted by molar-refractivity contribution is 5.67. The molecule has 6 heteroatoms. The molecule has 40 heavy (non-hydrogen) atoms. The summed E-state index contributed by atoms with van der Waals surface area (Å²) < 4.78 is 5.78. The second-order valence-corrected chi connectivity index (χ2v) is 10.3. The van der Waals surface area contributed by atoms with Crippen LogP contribution < -0.4 is 0 Å². The molecule has 0 bridgehead atoms. The molecule has 4 aromatic carbocycles. The van der Waals surface area contributed by atoms with Crippen molar-refractivity contribution in [3.8, 4) is 0 Å². The maximum atomic E-state index is 12.8. The molecule has 0 aromatic heterocycles. The van der Waals surface area contributed by atoms with Gasteiger partial charge in [0.25, 0.3) is 0 Å². The summed E-state index contributed by atoms with van der Waals surface area (Å²) in [4.78, 5) is 12.8. The van der Waals surface area contributed by atoms with Gasteiger partial charge in [0.15, 0.2) is 11.9 Å². The van der Waals surface area contributed by atoms with E-state index >= 15 is 0 Å². The van der Waals surface area contributed by atoms with E-state index in [2.05, 4.69) is 0 Å². The smallest absolute Gasteiger partial charge is 0.155 e. The molecule has 0 radical (unpaired) electrons. The van der Waals surface area contributed by atoms with Gasteiger partial charge in [-0.1, -0.05) is 121 Å². The Balaban J connectivity index is 1.78. The third kappa shape index (κ3) is 6.55. The molecule has 6 nitrogen and oxygen atoms in total. The Morgan fingerprint density at radius 1 is 0.600 bits per heavy atom. The molecule has 0 saturated carbocycles. The summed E-state index contributed by atoms with van der Waals surface area (Å²) in [6, 6.07) is 35.8. The van der Waals surface area contributed by atoms with E-state index in [-0.39, 0.29) is 38.8 Å². The average molecular weight is 541 g/mol. The fraction of sp³-hybridized carbons (Fsp3) is 0.265. The third-order valence-corrected chi connectivity index (χ3v) is 7.50. The zero-order valence-electron chi connectivity index (χ0n) is 22.3. The monoisotopic (exact) mass is 540 g/mol. The first-order valence-electron chi connectivity index (χ1n) is 13.3. The zero-order valence-corrected chi connectivity index (χ0v) is 22.3. The fourth-order valence-corrected chi connectivity index (χ4v) is 5.21. The van der Waals surface area contributed by atoms with E-state index in [1.807, 2.05) is 36.4 Å². The van der Waals surface area contributed by atoms with E-state index in [0.717, 1.165) is 5.56 Å². The summed E-state index contributed by atoms with van der Waals surface area (Å²) in [6.07, 6.45) is -2.24. The zero-order chi connectivity index (χ0) is 28.5. The van der Waals surface area contributed by atoms with Crippen LogP contribution in [0.2, 0.25) is 0 Å². The van der Waals surface area contributed by atoms with E-state index in [1.54, 1.807) is 84.9 Å². The Hall–Kier alpha value is -3.65. The number of ether oxygens (including phenoxy) is 1. The second kappa shape index (κ2) is 13.1. The van der Waals surface area contributed by atoms with Crippen molar-refractivity contribution in [2.24, 2.45) is 0 Å². The number of carbonyl (C=O) groups excluding carboxylic acids is 1. The molecule has 0 spiro atoms. The molecule has 208 valence electrons. The summed E-state index contributed by atoms with van der Waals surface area (Å²) in [5, 5.41) is 48.6. The predicted molar refractivity (Wildman–Crippen MR) is 153 cm³/mol. The lowest BCUT2D eigenvalue weighted by atomic mass is 9.62. The molecule has 0 aliphatic carbocycles. The van der Waals surface area contributed by atoms with Gasteiger partial charge in [-0.2, -0.15) is 0 Å². The number of aldehydes is 1. The van der Waals surface area contributed by atoms with Gasteiger partial charge in [0.05, 0.1) is 13.2 Å². The van der Waals surface area contributed by atoms with Crippen LogP contribution in [0.25, 0.3) is 0 Å². The average Bonchev–Trinajstić information content (AvgIpc) is 2.99. The molecule has 0 heterocycles. The molecule has 4 rings (SSSR count). The summed E-state index contributed by atoms with van der Waals surface area (Å²) >= 11 is 0. The quantitative estimate of drug-likeness (QED) is 0.182. The molecule has 0 aliphatic heterocycles. The summed E-state index contributed by atoms with van der Waals surface area (Å²) in [6.45, 7) is -0.187. The summed E-state index contributed by atoms with van der Waals surface area (Å²) in [5.41, 5.74) is -4.80. The van der Waals surface area contributed by atoms with Crippen LogP contribution in [0, 0.1) is 0 Å². The lowest BCUT2D eigenvalue weighted by Crippen LogP contribution is -2.75. The molecule has 0 unspecified atom stereocenters. The van der Waals surface area contributed by atoms with Crippen molar-refractivity contribution in [2.45, 2.75) is 48.8 Å². The highest BCUT2D eigenvalue weighted by Gasteiger charge is 2.64. The van der Waals surface area contributed by atoms with Crippen molar-refractivity contribution in [2.75, 3.05) is 6.61 Å².